The van der Waals surface area contributed by atoms with E-state index in [0.29, 0.717) is 12.3 Å². The lowest BCUT2D eigenvalue weighted by Crippen LogP contribution is -2.42. The van der Waals surface area contributed by atoms with Gasteiger partial charge in [-0.1, -0.05) is 48.0 Å². The molecule has 1 atom stereocenters. The van der Waals surface area contributed by atoms with E-state index in [4.69, 9.17) is 4.74 Å². The topological polar surface area (TPSA) is 32.8 Å². The van der Waals surface area contributed by atoms with Crippen LogP contribution in [0, 0.1) is 12.8 Å². The van der Waals surface area contributed by atoms with Crippen LogP contribution >= 0.6 is 0 Å². The van der Waals surface area contributed by atoms with Crippen LogP contribution in [0.5, 0.6) is 5.75 Å². The summed E-state index contributed by atoms with van der Waals surface area (Å²) in [4.78, 5) is 17.1. The number of amides is 1. The molecule has 0 N–H and O–H groups in total. The Morgan fingerprint density at radius 3 is 2.83 bits per heavy atom. The van der Waals surface area contributed by atoms with Crippen LogP contribution < -0.4 is 4.74 Å². The zero-order chi connectivity index (χ0) is 20.6. The predicted molar refractivity (Wildman–Crippen MR) is 118 cm³/mol. The molecule has 1 aliphatic heterocycles. The molecule has 1 heterocycles. The number of aryl methyl sites for hydroxylation is 1. The molecule has 1 amide bonds. The Hall–Kier alpha value is -2.33. The van der Waals surface area contributed by atoms with Crippen molar-refractivity contribution < 1.29 is 9.53 Å². The summed E-state index contributed by atoms with van der Waals surface area (Å²) >= 11 is 0. The average Bonchev–Trinajstić information content (AvgIpc) is 2.72. The molecule has 3 rings (SSSR count). The summed E-state index contributed by atoms with van der Waals surface area (Å²) in [6.45, 7) is 6.16. The lowest BCUT2D eigenvalue weighted by atomic mass is 9.96. The van der Waals surface area contributed by atoms with Gasteiger partial charge in [0.15, 0.2) is 0 Å². The van der Waals surface area contributed by atoms with Gasteiger partial charge in [0.1, 0.15) is 5.75 Å². The highest BCUT2D eigenvalue weighted by Gasteiger charge is 2.23. The average molecular weight is 395 g/mol. The summed E-state index contributed by atoms with van der Waals surface area (Å²) in [5.74, 6) is 1.73. The minimum Gasteiger partial charge on any atom is -0.496 e. The molecule has 0 bridgehead atoms. The molecule has 0 saturated carbocycles. The Bertz CT molecular complexity index is 805. The second kappa shape index (κ2) is 10.4. The highest BCUT2D eigenvalue weighted by Crippen LogP contribution is 2.21. The van der Waals surface area contributed by atoms with Gasteiger partial charge in [0.2, 0.25) is 5.91 Å². The monoisotopic (exact) mass is 394 g/mol. The van der Waals surface area contributed by atoms with Crippen molar-refractivity contribution >= 4 is 5.91 Å². The highest BCUT2D eigenvalue weighted by atomic mass is 16.5. The van der Waals surface area contributed by atoms with Gasteiger partial charge in [0.05, 0.1) is 13.5 Å². The molecule has 4 heteroatoms. The van der Waals surface area contributed by atoms with E-state index in [1.165, 1.54) is 24.0 Å². The van der Waals surface area contributed by atoms with Crippen LogP contribution in [0.2, 0.25) is 0 Å². The fraction of sp³-hybridized carbons (Fsp3) is 0.480. The quantitative estimate of drug-likeness (QED) is 0.679. The van der Waals surface area contributed by atoms with E-state index in [9.17, 15) is 4.79 Å². The molecule has 2 aromatic rings. The minimum atomic E-state index is 0.210. The summed E-state index contributed by atoms with van der Waals surface area (Å²) in [6.07, 6.45) is 3.89. The standard InChI is InChI=1S/C25H34N2O2/c1-20-8-6-9-21(16-20)17-25(28)26(2)18-22-10-7-14-27(19-22)15-13-23-11-4-5-12-24(23)29-3/h4-6,8-9,11-12,16,22H,7,10,13-15,17-19H2,1-3H3/t22-/m1/s1. The lowest BCUT2D eigenvalue weighted by Gasteiger charge is -2.35. The van der Waals surface area contributed by atoms with Gasteiger partial charge in [-0.3, -0.25) is 4.79 Å². The predicted octanol–water partition coefficient (Wildman–Crippen LogP) is 3.96. The van der Waals surface area contributed by atoms with Crippen LogP contribution in [0.15, 0.2) is 48.5 Å². The van der Waals surface area contributed by atoms with E-state index >= 15 is 0 Å². The fourth-order valence-corrected chi connectivity index (χ4v) is 4.31. The molecule has 29 heavy (non-hydrogen) atoms. The molecule has 156 valence electrons. The highest BCUT2D eigenvalue weighted by molar-refractivity contribution is 5.78. The van der Waals surface area contributed by atoms with E-state index in [-0.39, 0.29) is 5.91 Å². The Morgan fingerprint density at radius 2 is 2.03 bits per heavy atom. The molecule has 0 aromatic heterocycles. The maximum Gasteiger partial charge on any atom is 0.226 e. The Morgan fingerprint density at radius 1 is 1.21 bits per heavy atom. The van der Waals surface area contributed by atoms with E-state index in [0.717, 1.165) is 43.9 Å². The van der Waals surface area contributed by atoms with Crippen molar-refractivity contribution in [2.24, 2.45) is 5.92 Å². The largest absolute Gasteiger partial charge is 0.496 e. The summed E-state index contributed by atoms with van der Waals surface area (Å²) in [5, 5.41) is 0. The zero-order valence-electron chi connectivity index (χ0n) is 18.1. The molecular formula is C25H34N2O2. The van der Waals surface area contributed by atoms with Gasteiger partial charge < -0.3 is 14.5 Å². The molecule has 1 aliphatic rings. The third-order valence-corrected chi connectivity index (χ3v) is 5.89. The van der Waals surface area contributed by atoms with E-state index in [1.807, 2.05) is 36.2 Å². The van der Waals surface area contributed by atoms with Crippen LogP contribution in [0.3, 0.4) is 0 Å². The first-order valence-corrected chi connectivity index (χ1v) is 10.7. The van der Waals surface area contributed by atoms with Gasteiger partial charge in [0.25, 0.3) is 0 Å². The molecule has 0 aliphatic carbocycles. The van der Waals surface area contributed by atoms with Gasteiger partial charge in [-0.05, 0) is 55.8 Å². The van der Waals surface area contributed by atoms with Gasteiger partial charge in [-0.2, -0.15) is 0 Å². The second-order valence-corrected chi connectivity index (χ2v) is 8.31. The molecule has 1 fully saturated rings. The van der Waals surface area contributed by atoms with Crippen molar-refractivity contribution in [2.45, 2.75) is 32.6 Å². The number of likely N-dealkylation sites (tertiary alicyclic amines) is 1. The number of methoxy groups -OCH3 is 1. The van der Waals surface area contributed by atoms with Crippen molar-refractivity contribution in [3.63, 3.8) is 0 Å². The number of nitrogens with zero attached hydrogens (tertiary/aromatic N) is 2. The number of carbonyl (C=O) groups excluding carboxylic acids is 1. The Balaban J connectivity index is 1.48. The number of para-hydroxylation sites is 1. The maximum absolute atomic E-state index is 12.7. The molecule has 0 unspecified atom stereocenters. The van der Waals surface area contributed by atoms with E-state index in [1.54, 1.807) is 7.11 Å². The third kappa shape index (κ3) is 6.33. The van der Waals surface area contributed by atoms with Crippen molar-refractivity contribution in [1.82, 2.24) is 9.80 Å². The number of likely N-dealkylation sites (N-methyl/N-ethyl adjacent to an activating group) is 1. The Labute approximate surface area is 175 Å². The number of rotatable bonds is 8. The number of piperidine rings is 1. The smallest absolute Gasteiger partial charge is 0.226 e. The number of benzene rings is 2. The van der Waals surface area contributed by atoms with Gasteiger partial charge in [0, 0.05) is 26.7 Å². The minimum absolute atomic E-state index is 0.210. The van der Waals surface area contributed by atoms with Gasteiger partial charge >= 0.3 is 0 Å². The van der Waals surface area contributed by atoms with Crippen LogP contribution in [0.25, 0.3) is 0 Å². The van der Waals surface area contributed by atoms with Crippen molar-refractivity contribution in [1.29, 1.82) is 0 Å². The van der Waals surface area contributed by atoms with Crippen molar-refractivity contribution in [2.75, 3.05) is 40.3 Å². The first kappa shape index (κ1) is 21.4. The number of hydrogen-bond acceptors (Lipinski definition) is 3. The molecule has 4 nitrogen and oxygen atoms in total. The lowest BCUT2D eigenvalue weighted by molar-refractivity contribution is -0.130. The Kier molecular flexibility index (Phi) is 7.70. The summed E-state index contributed by atoms with van der Waals surface area (Å²) in [5.41, 5.74) is 3.57. The summed E-state index contributed by atoms with van der Waals surface area (Å²) < 4.78 is 5.48. The number of hydrogen-bond donors (Lipinski definition) is 0. The fourth-order valence-electron chi connectivity index (χ4n) is 4.31. The first-order valence-electron chi connectivity index (χ1n) is 10.7. The zero-order valence-corrected chi connectivity index (χ0v) is 18.1. The molecule has 0 radical (unpaired) electrons. The van der Waals surface area contributed by atoms with Crippen LogP contribution in [-0.2, 0) is 17.6 Å². The van der Waals surface area contributed by atoms with Crippen molar-refractivity contribution in [3.8, 4) is 5.75 Å². The third-order valence-electron chi connectivity index (χ3n) is 5.89. The SMILES string of the molecule is COc1ccccc1CCN1CCC[C@H](CN(C)C(=O)Cc2cccc(C)c2)C1. The molecule has 0 spiro atoms. The first-order chi connectivity index (χ1) is 14.0. The van der Waals surface area contributed by atoms with Crippen LogP contribution in [0.4, 0.5) is 0 Å². The summed E-state index contributed by atoms with van der Waals surface area (Å²) in [7, 11) is 3.69. The number of ether oxygens (including phenoxy) is 1. The summed E-state index contributed by atoms with van der Waals surface area (Å²) in [6, 6.07) is 16.5. The molecule has 2 aromatic carbocycles. The number of carbonyl (C=O) groups is 1. The molecular weight excluding hydrogens is 360 g/mol. The van der Waals surface area contributed by atoms with Crippen LogP contribution in [0.1, 0.15) is 29.5 Å². The van der Waals surface area contributed by atoms with Gasteiger partial charge in [-0.15, -0.1) is 0 Å². The van der Waals surface area contributed by atoms with Gasteiger partial charge in [-0.25, -0.2) is 0 Å². The van der Waals surface area contributed by atoms with Crippen LogP contribution in [-0.4, -0.2) is 56.0 Å². The normalized spacial score (nSPS) is 17.1. The van der Waals surface area contributed by atoms with Crippen molar-refractivity contribution in [3.05, 3.63) is 65.2 Å². The molecule has 1 saturated heterocycles. The van der Waals surface area contributed by atoms with E-state index < -0.39 is 0 Å². The van der Waals surface area contributed by atoms with E-state index in [2.05, 4.69) is 36.1 Å². The second-order valence-electron chi connectivity index (χ2n) is 8.31. The maximum atomic E-state index is 12.7.